The summed E-state index contributed by atoms with van der Waals surface area (Å²) in [5.41, 5.74) is 9.76. The van der Waals surface area contributed by atoms with Crippen molar-refractivity contribution in [1.82, 2.24) is 28.9 Å². The molecule has 1 fully saturated rings. The minimum Gasteiger partial charge on any atom is -0.394 e. The van der Waals surface area contributed by atoms with E-state index in [1.165, 1.54) is 0 Å². The molecular weight excluding hydrogens is 410 g/mol. The van der Waals surface area contributed by atoms with Crippen molar-refractivity contribution >= 4 is 28.0 Å². The van der Waals surface area contributed by atoms with Crippen LogP contribution in [0.15, 0.2) is 35.5 Å². The molecule has 4 aromatic heterocycles. The second-order valence-electron chi connectivity index (χ2n) is 8.39. The van der Waals surface area contributed by atoms with Crippen molar-refractivity contribution in [2.24, 2.45) is 18.7 Å². The Balaban J connectivity index is 1.65. The van der Waals surface area contributed by atoms with Crippen LogP contribution in [0.3, 0.4) is 0 Å². The summed E-state index contributed by atoms with van der Waals surface area (Å²) in [6.45, 7) is 0.413. The van der Waals surface area contributed by atoms with Crippen LogP contribution in [0.5, 0.6) is 0 Å². The van der Waals surface area contributed by atoms with Gasteiger partial charge in [-0.1, -0.05) is 0 Å². The maximum atomic E-state index is 13.2. The normalized spacial score (nSPS) is 19.1. The fraction of sp³-hybridized carbons (Fsp3) is 0.409. The zero-order chi connectivity index (χ0) is 22.4. The van der Waals surface area contributed by atoms with Crippen LogP contribution in [0.4, 0.5) is 0 Å². The smallest absolute Gasteiger partial charge is 0.329 e. The number of fused-ring (bicyclic) bond motifs is 3. The molecule has 4 heterocycles. The third kappa shape index (κ3) is 3.27. The summed E-state index contributed by atoms with van der Waals surface area (Å²) in [6, 6.07) is 3.75. The van der Waals surface area contributed by atoms with Gasteiger partial charge in [0.15, 0.2) is 0 Å². The molecule has 1 saturated carbocycles. The van der Waals surface area contributed by atoms with E-state index in [2.05, 4.69) is 10.1 Å². The van der Waals surface area contributed by atoms with Crippen LogP contribution in [0.1, 0.15) is 31.7 Å². The molecular formula is C22H25N7O3. The molecule has 0 unspecified atom stereocenters. The Labute approximate surface area is 183 Å². The van der Waals surface area contributed by atoms with E-state index in [1.54, 1.807) is 28.7 Å². The molecule has 10 nitrogen and oxygen atoms in total. The number of carbonyl (C=O) groups is 1. The number of aliphatic hydroxyl groups excluding tert-OH is 1. The predicted molar refractivity (Wildman–Crippen MR) is 119 cm³/mol. The first-order chi connectivity index (χ1) is 15.5. The van der Waals surface area contributed by atoms with E-state index >= 15 is 0 Å². The molecule has 166 valence electrons. The lowest BCUT2D eigenvalue weighted by Crippen LogP contribution is -2.32. The van der Waals surface area contributed by atoms with Gasteiger partial charge in [0.2, 0.25) is 5.91 Å². The van der Waals surface area contributed by atoms with Crippen LogP contribution in [-0.4, -0.2) is 46.5 Å². The first-order valence-electron chi connectivity index (χ1n) is 10.8. The van der Waals surface area contributed by atoms with E-state index in [0.717, 1.165) is 22.3 Å². The number of rotatable bonds is 5. The summed E-state index contributed by atoms with van der Waals surface area (Å²) in [5, 5.41) is 13.4. The van der Waals surface area contributed by atoms with Crippen LogP contribution in [0.2, 0.25) is 0 Å². The number of aryl methyl sites for hydroxylation is 1. The Morgan fingerprint density at radius 2 is 2.00 bits per heavy atom. The van der Waals surface area contributed by atoms with Crippen molar-refractivity contribution in [3.63, 3.8) is 0 Å². The van der Waals surface area contributed by atoms with Crippen molar-refractivity contribution in [1.29, 1.82) is 0 Å². The van der Waals surface area contributed by atoms with E-state index in [0.29, 0.717) is 43.3 Å². The van der Waals surface area contributed by atoms with E-state index < -0.39 is 0 Å². The number of nitrogens with zero attached hydrogens (tertiary/aromatic N) is 6. The van der Waals surface area contributed by atoms with Gasteiger partial charge in [-0.3, -0.25) is 23.6 Å². The summed E-state index contributed by atoms with van der Waals surface area (Å²) in [4.78, 5) is 34.2. The lowest BCUT2D eigenvalue weighted by Gasteiger charge is -2.27. The van der Waals surface area contributed by atoms with Crippen molar-refractivity contribution < 1.29 is 9.90 Å². The molecule has 1 amide bonds. The van der Waals surface area contributed by atoms with Gasteiger partial charge in [0.1, 0.15) is 5.52 Å². The maximum Gasteiger partial charge on any atom is 0.329 e. The van der Waals surface area contributed by atoms with Crippen LogP contribution in [-0.2, 0) is 18.4 Å². The third-order valence-corrected chi connectivity index (χ3v) is 6.48. The zero-order valence-corrected chi connectivity index (χ0v) is 17.8. The molecule has 0 bridgehead atoms. The van der Waals surface area contributed by atoms with Crippen LogP contribution >= 0.6 is 0 Å². The van der Waals surface area contributed by atoms with Crippen LogP contribution < -0.4 is 11.4 Å². The number of aliphatic hydroxyl groups is 1. The maximum absolute atomic E-state index is 13.2. The standard InChI is InChI=1S/C22H25N7O3/c1-27-18-11-24-17-7-6-16(14-10-25-28(12-14)8-9-30)26-19(17)20(18)29(22(27)32)15-4-2-13(3-5-15)21(23)31/h6-7,10-13,15,30H,2-5,8-9H2,1H3,(H2,23,31). The average Bonchev–Trinajstić information content (AvgIpc) is 3.37. The SMILES string of the molecule is Cn1c(=O)n(C2CCC(C(N)=O)CC2)c2c3nc(-c4cnn(CCO)c4)ccc3ncc21. The molecule has 4 aromatic rings. The van der Waals surface area contributed by atoms with Gasteiger partial charge in [0, 0.05) is 30.8 Å². The highest BCUT2D eigenvalue weighted by Gasteiger charge is 2.29. The molecule has 32 heavy (non-hydrogen) atoms. The van der Waals surface area contributed by atoms with Gasteiger partial charge < -0.3 is 10.8 Å². The van der Waals surface area contributed by atoms with Gasteiger partial charge >= 0.3 is 5.69 Å². The number of primary amides is 1. The molecule has 0 aliphatic heterocycles. The quantitative estimate of drug-likeness (QED) is 0.486. The van der Waals surface area contributed by atoms with E-state index in [-0.39, 0.29) is 30.2 Å². The monoisotopic (exact) mass is 435 g/mol. The Kier molecular flexibility index (Phi) is 5.01. The third-order valence-electron chi connectivity index (χ3n) is 6.48. The first-order valence-corrected chi connectivity index (χ1v) is 10.8. The van der Waals surface area contributed by atoms with Gasteiger partial charge in [0.25, 0.3) is 0 Å². The van der Waals surface area contributed by atoms with Crippen molar-refractivity contribution in [2.45, 2.75) is 38.3 Å². The Morgan fingerprint density at radius 1 is 1.22 bits per heavy atom. The summed E-state index contributed by atoms with van der Waals surface area (Å²) >= 11 is 0. The van der Waals surface area contributed by atoms with Gasteiger partial charge in [0.05, 0.1) is 47.8 Å². The molecule has 0 spiro atoms. The van der Waals surface area contributed by atoms with Crippen LogP contribution in [0.25, 0.3) is 33.3 Å². The summed E-state index contributed by atoms with van der Waals surface area (Å²) in [6.07, 6.45) is 8.03. The number of hydrogen-bond acceptors (Lipinski definition) is 6. The van der Waals surface area contributed by atoms with Gasteiger partial charge in [-0.25, -0.2) is 9.78 Å². The van der Waals surface area contributed by atoms with E-state index in [1.807, 2.05) is 22.9 Å². The predicted octanol–water partition coefficient (Wildman–Crippen LogP) is 1.36. The topological polar surface area (TPSA) is 134 Å². The molecule has 5 rings (SSSR count). The average molecular weight is 435 g/mol. The Bertz CT molecular complexity index is 1380. The van der Waals surface area contributed by atoms with Gasteiger partial charge in [-0.2, -0.15) is 5.10 Å². The highest BCUT2D eigenvalue weighted by atomic mass is 16.3. The zero-order valence-electron chi connectivity index (χ0n) is 17.8. The largest absolute Gasteiger partial charge is 0.394 e. The number of nitrogens with two attached hydrogens (primary N) is 1. The second kappa shape index (κ2) is 7.86. The van der Waals surface area contributed by atoms with E-state index in [9.17, 15) is 9.59 Å². The summed E-state index contributed by atoms with van der Waals surface area (Å²) in [7, 11) is 1.74. The minimum atomic E-state index is -0.267. The molecule has 1 aliphatic rings. The number of amides is 1. The number of hydrogen-bond donors (Lipinski definition) is 2. The number of pyridine rings is 2. The minimum absolute atomic E-state index is 0.00506. The summed E-state index contributed by atoms with van der Waals surface area (Å²) < 4.78 is 5.09. The highest BCUT2D eigenvalue weighted by Crippen LogP contribution is 2.35. The first kappa shape index (κ1) is 20.4. The molecule has 0 aromatic carbocycles. The molecule has 10 heteroatoms. The second-order valence-corrected chi connectivity index (χ2v) is 8.39. The fourth-order valence-corrected chi connectivity index (χ4v) is 4.73. The molecule has 3 N–H and O–H groups in total. The fourth-order valence-electron chi connectivity index (χ4n) is 4.73. The molecule has 0 atom stereocenters. The van der Waals surface area contributed by atoms with Crippen molar-refractivity contribution in [2.75, 3.05) is 6.61 Å². The highest BCUT2D eigenvalue weighted by molar-refractivity contribution is 6.00. The number of aromatic nitrogens is 6. The number of imidazole rings is 1. The molecule has 1 aliphatic carbocycles. The Morgan fingerprint density at radius 3 is 2.72 bits per heavy atom. The van der Waals surface area contributed by atoms with E-state index in [4.69, 9.17) is 15.8 Å². The van der Waals surface area contributed by atoms with Crippen molar-refractivity contribution in [3.05, 3.63) is 41.2 Å². The Hall–Kier alpha value is -3.53. The lowest BCUT2D eigenvalue weighted by atomic mass is 9.85. The van der Waals surface area contributed by atoms with Crippen molar-refractivity contribution in [3.8, 4) is 11.3 Å². The lowest BCUT2D eigenvalue weighted by molar-refractivity contribution is -0.122. The molecule has 0 saturated heterocycles. The molecule has 0 radical (unpaired) electrons. The van der Waals surface area contributed by atoms with Gasteiger partial charge in [-0.15, -0.1) is 0 Å². The van der Waals surface area contributed by atoms with Crippen LogP contribution in [0, 0.1) is 5.92 Å². The summed E-state index contributed by atoms with van der Waals surface area (Å²) in [5.74, 6) is -0.396. The van der Waals surface area contributed by atoms with Gasteiger partial charge in [-0.05, 0) is 37.8 Å². The number of carbonyl (C=O) groups excluding carboxylic acids is 1.